The summed E-state index contributed by atoms with van der Waals surface area (Å²) in [5.41, 5.74) is 0. The number of nitrogens with one attached hydrogen (secondary N) is 1. The van der Waals surface area contributed by atoms with E-state index in [1.807, 2.05) is 0 Å². The molecule has 0 amide bonds. The third-order valence-corrected chi connectivity index (χ3v) is 2.60. The Kier molecular flexibility index (Phi) is 4.94. The number of hydrogen-bond acceptors (Lipinski definition) is 3. The van der Waals surface area contributed by atoms with Crippen LogP contribution in [-0.2, 0) is 9.53 Å². The Bertz CT molecular complexity index is 178. The zero-order valence-electron chi connectivity index (χ0n) is 9.21. The van der Waals surface area contributed by atoms with E-state index in [-0.39, 0.29) is 12.0 Å². The van der Waals surface area contributed by atoms with Crippen LogP contribution in [0, 0.1) is 0 Å². The number of ether oxygens (including phenoxy) is 1. The van der Waals surface area contributed by atoms with Crippen LogP contribution in [0.3, 0.4) is 0 Å². The Morgan fingerprint density at radius 2 is 2.21 bits per heavy atom. The summed E-state index contributed by atoms with van der Waals surface area (Å²) in [6, 6.07) is 0.500. The summed E-state index contributed by atoms with van der Waals surface area (Å²) in [7, 11) is 1.46. The second-order valence-electron chi connectivity index (χ2n) is 4.01. The number of rotatable bonds is 7. The lowest BCUT2D eigenvalue weighted by Gasteiger charge is -2.15. The highest BCUT2D eigenvalue weighted by Gasteiger charge is 2.28. The van der Waals surface area contributed by atoms with Crippen molar-refractivity contribution >= 4 is 5.97 Å². The van der Waals surface area contributed by atoms with Gasteiger partial charge >= 0.3 is 5.97 Å². The van der Waals surface area contributed by atoms with Crippen molar-refractivity contribution in [2.45, 2.75) is 57.5 Å². The lowest BCUT2D eigenvalue weighted by molar-refractivity contribution is -0.143. The minimum absolute atomic E-state index is 0.0703. The van der Waals surface area contributed by atoms with Gasteiger partial charge in [0.1, 0.15) is 6.04 Å². The largest absolute Gasteiger partial charge is 0.468 e. The minimum atomic E-state index is -0.104. The highest BCUT2D eigenvalue weighted by Crippen LogP contribution is 2.20. The van der Waals surface area contributed by atoms with Crippen LogP contribution in [0.5, 0.6) is 0 Å². The van der Waals surface area contributed by atoms with Gasteiger partial charge in [0.15, 0.2) is 0 Å². The summed E-state index contributed by atoms with van der Waals surface area (Å²) in [4.78, 5) is 11.4. The molecule has 0 radical (unpaired) electrons. The molecule has 1 atom stereocenters. The molecule has 0 aromatic heterocycles. The Hall–Kier alpha value is -0.570. The molecule has 1 N–H and O–H groups in total. The summed E-state index contributed by atoms with van der Waals surface area (Å²) in [6.07, 6.45) is 6.83. The predicted molar refractivity (Wildman–Crippen MR) is 56.1 cm³/mol. The van der Waals surface area contributed by atoms with E-state index in [9.17, 15) is 4.79 Å². The summed E-state index contributed by atoms with van der Waals surface area (Å²) in [6.45, 7) is 2.17. The monoisotopic (exact) mass is 199 g/mol. The van der Waals surface area contributed by atoms with Crippen LogP contribution < -0.4 is 5.32 Å². The van der Waals surface area contributed by atoms with Crippen molar-refractivity contribution in [3.63, 3.8) is 0 Å². The smallest absolute Gasteiger partial charge is 0.322 e. The van der Waals surface area contributed by atoms with Crippen LogP contribution >= 0.6 is 0 Å². The molecule has 0 saturated heterocycles. The molecule has 1 unspecified atom stereocenters. The summed E-state index contributed by atoms with van der Waals surface area (Å²) in [5.74, 6) is -0.104. The summed E-state index contributed by atoms with van der Waals surface area (Å²) >= 11 is 0. The highest BCUT2D eigenvalue weighted by atomic mass is 16.5. The van der Waals surface area contributed by atoms with E-state index in [4.69, 9.17) is 4.74 Å². The molecule has 1 saturated carbocycles. The minimum Gasteiger partial charge on any atom is -0.468 e. The predicted octanol–water partition coefficient (Wildman–Crippen LogP) is 1.86. The fraction of sp³-hybridized carbons (Fsp3) is 0.909. The van der Waals surface area contributed by atoms with Gasteiger partial charge in [-0.2, -0.15) is 0 Å². The maximum Gasteiger partial charge on any atom is 0.322 e. The van der Waals surface area contributed by atoms with E-state index in [2.05, 4.69) is 12.2 Å². The van der Waals surface area contributed by atoms with Crippen molar-refractivity contribution in [3.05, 3.63) is 0 Å². The molecule has 82 valence electrons. The molecule has 3 heteroatoms. The fourth-order valence-corrected chi connectivity index (χ4v) is 1.54. The Morgan fingerprint density at radius 1 is 1.50 bits per heavy atom. The molecular weight excluding hydrogens is 178 g/mol. The molecule has 0 heterocycles. The van der Waals surface area contributed by atoms with Crippen molar-refractivity contribution in [3.8, 4) is 0 Å². The summed E-state index contributed by atoms with van der Waals surface area (Å²) in [5, 5.41) is 3.33. The third kappa shape index (κ3) is 4.09. The molecule has 0 aromatic rings. The van der Waals surface area contributed by atoms with Crippen molar-refractivity contribution in [2.24, 2.45) is 0 Å². The van der Waals surface area contributed by atoms with Gasteiger partial charge in [0.2, 0.25) is 0 Å². The van der Waals surface area contributed by atoms with Gasteiger partial charge in [-0.3, -0.25) is 4.79 Å². The van der Waals surface area contributed by atoms with Crippen LogP contribution in [0.15, 0.2) is 0 Å². The Balaban J connectivity index is 2.23. The first kappa shape index (κ1) is 11.5. The van der Waals surface area contributed by atoms with Crippen LogP contribution in [0.4, 0.5) is 0 Å². The second kappa shape index (κ2) is 6.02. The topological polar surface area (TPSA) is 38.3 Å². The Labute approximate surface area is 86.2 Å². The molecule has 1 rings (SSSR count). The number of carbonyl (C=O) groups is 1. The van der Waals surface area contributed by atoms with Crippen molar-refractivity contribution < 1.29 is 9.53 Å². The third-order valence-electron chi connectivity index (χ3n) is 2.60. The normalized spacial score (nSPS) is 17.9. The molecule has 0 aliphatic heterocycles. The molecule has 0 spiro atoms. The molecule has 14 heavy (non-hydrogen) atoms. The van der Waals surface area contributed by atoms with Crippen molar-refractivity contribution in [2.75, 3.05) is 7.11 Å². The standard InChI is InChI=1S/C11H21NO2/c1-3-4-5-6-10(11(13)14-2)12-9-7-8-9/h9-10,12H,3-8H2,1-2H3. The van der Waals surface area contributed by atoms with E-state index in [1.54, 1.807) is 0 Å². The average Bonchev–Trinajstić information content (AvgIpc) is 2.99. The maximum atomic E-state index is 11.4. The first-order chi connectivity index (χ1) is 6.77. The number of methoxy groups -OCH3 is 1. The summed E-state index contributed by atoms with van der Waals surface area (Å²) < 4.78 is 4.77. The van der Waals surface area contributed by atoms with Crippen LogP contribution in [-0.4, -0.2) is 25.2 Å². The van der Waals surface area contributed by atoms with Gasteiger partial charge in [0.25, 0.3) is 0 Å². The van der Waals surface area contributed by atoms with Gasteiger partial charge < -0.3 is 10.1 Å². The van der Waals surface area contributed by atoms with Gasteiger partial charge in [-0.1, -0.05) is 26.2 Å². The van der Waals surface area contributed by atoms with Gasteiger partial charge in [0, 0.05) is 6.04 Å². The zero-order valence-corrected chi connectivity index (χ0v) is 9.21. The van der Waals surface area contributed by atoms with Gasteiger partial charge in [0.05, 0.1) is 7.11 Å². The first-order valence-electron chi connectivity index (χ1n) is 5.61. The molecule has 1 aliphatic carbocycles. The van der Waals surface area contributed by atoms with Gasteiger partial charge in [-0.05, 0) is 19.3 Å². The number of esters is 1. The molecule has 0 aromatic carbocycles. The molecular formula is C11H21NO2. The quantitative estimate of drug-likeness (QED) is 0.502. The maximum absolute atomic E-state index is 11.4. The van der Waals surface area contributed by atoms with E-state index < -0.39 is 0 Å². The van der Waals surface area contributed by atoms with Crippen LogP contribution in [0.25, 0.3) is 0 Å². The van der Waals surface area contributed by atoms with E-state index in [0.29, 0.717) is 6.04 Å². The van der Waals surface area contributed by atoms with Gasteiger partial charge in [-0.15, -0.1) is 0 Å². The lowest BCUT2D eigenvalue weighted by Crippen LogP contribution is -2.38. The average molecular weight is 199 g/mol. The van der Waals surface area contributed by atoms with Crippen molar-refractivity contribution in [1.29, 1.82) is 0 Å². The van der Waals surface area contributed by atoms with Gasteiger partial charge in [-0.25, -0.2) is 0 Å². The molecule has 3 nitrogen and oxygen atoms in total. The van der Waals surface area contributed by atoms with E-state index in [0.717, 1.165) is 12.8 Å². The second-order valence-corrected chi connectivity index (χ2v) is 4.01. The first-order valence-corrected chi connectivity index (χ1v) is 5.61. The van der Waals surface area contributed by atoms with Crippen molar-refractivity contribution in [1.82, 2.24) is 5.32 Å². The number of carbonyl (C=O) groups excluding carboxylic acids is 1. The zero-order chi connectivity index (χ0) is 10.4. The van der Waals surface area contributed by atoms with Crippen LogP contribution in [0.2, 0.25) is 0 Å². The Morgan fingerprint density at radius 3 is 2.71 bits per heavy atom. The number of unbranched alkanes of at least 4 members (excludes halogenated alkanes) is 2. The highest BCUT2D eigenvalue weighted by molar-refractivity contribution is 5.75. The lowest BCUT2D eigenvalue weighted by atomic mass is 10.1. The molecule has 1 aliphatic rings. The van der Waals surface area contributed by atoms with E-state index >= 15 is 0 Å². The molecule has 0 bridgehead atoms. The number of hydrogen-bond donors (Lipinski definition) is 1. The van der Waals surface area contributed by atoms with Crippen LogP contribution in [0.1, 0.15) is 45.4 Å². The SMILES string of the molecule is CCCCCC(NC1CC1)C(=O)OC. The fourth-order valence-electron chi connectivity index (χ4n) is 1.54. The molecule has 1 fully saturated rings. The van der Waals surface area contributed by atoms with E-state index in [1.165, 1.54) is 32.8 Å².